The van der Waals surface area contributed by atoms with Crippen LogP contribution in [0.15, 0.2) is 77.0 Å². The van der Waals surface area contributed by atoms with Crippen LogP contribution in [0.3, 0.4) is 0 Å². The number of nitro benzene ring substituents is 1. The molecule has 348 valence electrons. The molecule has 0 bridgehead atoms. The van der Waals surface area contributed by atoms with Crippen molar-refractivity contribution in [2.75, 3.05) is 82.3 Å². The first-order valence-corrected chi connectivity index (χ1v) is 25.1. The van der Waals surface area contributed by atoms with Gasteiger partial charge in [-0.1, -0.05) is 25.0 Å². The van der Waals surface area contributed by atoms with Gasteiger partial charge in [0.25, 0.3) is 21.6 Å². The fraction of sp³-hybridized carbons (Fsp3) is 0.542. The summed E-state index contributed by atoms with van der Waals surface area (Å²) >= 11 is 6.77. The van der Waals surface area contributed by atoms with Crippen LogP contribution in [0.5, 0.6) is 11.5 Å². The van der Waals surface area contributed by atoms with E-state index in [1.165, 1.54) is 37.6 Å². The molecule has 1 amide bonds. The minimum atomic E-state index is -4.55. The number of fused-ring (bicyclic) bond motifs is 1. The number of rotatable bonds is 17. The molecule has 17 heteroatoms. The maximum absolute atomic E-state index is 14.0. The molecule has 3 aliphatic heterocycles. The molecule has 1 atom stereocenters. The molecule has 5 aliphatic rings. The van der Waals surface area contributed by atoms with Gasteiger partial charge in [0, 0.05) is 112 Å². The molecule has 1 spiro atoms. The van der Waals surface area contributed by atoms with Crippen LogP contribution in [0.4, 0.5) is 17.1 Å². The van der Waals surface area contributed by atoms with Crippen molar-refractivity contribution < 1.29 is 27.6 Å². The number of carbonyl (C=O) groups is 1. The zero-order chi connectivity index (χ0) is 45.3. The molecule has 1 saturated carbocycles. The van der Waals surface area contributed by atoms with E-state index < -0.39 is 31.4 Å². The second kappa shape index (κ2) is 18.9. The number of piperazine rings is 1. The van der Waals surface area contributed by atoms with E-state index in [4.69, 9.17) is 21.1 Å². The molecule has 3 saturated heterocycles. The first-order valence-electron chi connectivity index (χ1n) is 23.2. The Labute approximate surface area is 386 Å². The van der Waals surface area contributed by atoms with Gasteiger partial charge in [0.15, 0.2) is 0 Å². The number of benzene rings is 2. The summed E-state index contributed by atoms with van der Waals surface area (Å²) in [4.78, 5) is 39.7. The Morgan fingerprint density at radius 2 is 1.82 bits per heavy atom. The Hall–Kier alpha value is -4.74. The number of aromatic amines is 1. The number of likely N-dealkylation sites (tertiary alicyclic amines) is 1. The van der Waals surface area contributed by atoms with Gasteiger partial charge in [0.2, 0.25) is 0 Å². The van der Waals surface area contributed by atoms with Crippen molar-refractivity contribution in [3.05, 3.63) is 87.7 Å². The number of hydrogen-bond donors (Lipinski definition) is 3. The number of alkyl halides is 1. The van der Waals surface area contributed by atoms with Crippen molar-refractivity contribution in [1.29, 1.82) is 0 Å². The Balaban J connectivity index is 0.877. The third-order valence-electron chi connectivity index (χ3n) is 14.2. The maximum Gasteiger partial charge on any atom is 0.293 e. The number of anilines is 2. The Kier molecular flexibility index (Phi) is 13.2. The van der Waals surface area contributed by atoms with E-state index in [2.05, 4.69) is 48.6 Å². The normalized spacial score (nSPS) is 20.7. The summed E-state index contributed by atoms with van der Waals surface area (Å²) in [5.74, 6) is 0.268. The average molecular weight is 930 g/mol. The van der Waals surface area contributed by atoms with Crippen LogP contribution in [0.1, 0.15) is 82.0 Å². The first kappa shape index (κ1) is 45.4. The summed E-state index contributed by atoms with van der Waals surface area (Å²) in [5.41, 5.74) is 5.07. The van der Waals surface area contributed by atoms with Crippen LogP contribution in [-0.4, -0.2) is 117 Å². The molecule has 2 aromatic heterocycles. The molecule has 3 N–H and O–H groups in total. The third-order valence-corrected chi connectivity index (χ3v) is 16.1. The third kappa shape index (κ3) is 10.8. The highest BCUT2D eigenvalue weighted by Crippen LogP contribution is 2.44. The largest absolute Gasteiger partial charge is 0.455 e. The summed E-state index contributed by atoms with van der Waals surface area (Å²) in [5, 5.41) is 16.4. The van der Waals surface area contributed by atoms with Gasteiger partial charge in [-0.2, -0.15) is 0 Å². The van der Waals surface area contributed by atoms with E-state index in [0.717, 1.165) is 115 Å². The predicted octanol–water partition coefficient (Wildman–Crippen LogP) is 8.33. The number of halogens is 1. The molecule has 65 heavy (non-hydrogen) atoms. The van der Waals surface area contributed by atoms with E-state index in [0.29, 0.717) is 41.2 Å². The number of ether oxygens (including phenoxy) is 2. The quantitative estimate of drug-likeness (QED) is 0.0400. The van der Waals surface area contributed by atoms with Crippen LogP contribution >= 0.6 is 11.6 Å². The number of aromatic nitrogens is 2. The van der Waals surface area contributed by atoms with E-state index in [1.807, 2.05) is 6.07 Å². The average Bonchev–Trinajstić information content (AvgIpc) is 4.03. The van der Waals surface area contributed by atoms with Crippen molar-refractivity contribution in [2.45, 2.75) is 81.9 Å². The van der Waals surface area contributed by atoms with Crippen molar-refractivity contribution in [3.8, 4) is 11.5 Å². The zero-order valence-electron chi connectivity index (χ0n) is 37.5. The van der Waals surface area contributed by atoms with Gasteiger partial charge >= 0.3 is 0 Å². The van der Waals surface area contributed by atoms with Gasteiger partial charge in [-0.25, -0.2) is 18.1 Å². The van der Waals surface area contributed by atoms with Gasteiger partial charge in [0.1, 0.15) is 22.8 Å². The molecule has 4 fully saturated rings. The van der Waals surface area contributed by atoms with E-state index in [1.54, 1.807) is 41.6 Å². The fourth-order valence-corrected chi connectivity index (χ4v) is 11.5. The number of nitrogens with zero attached hydrogens (tertiary/aromatic N) is 5. The van der Waals surface area contributed by atoms with Gasteiger partial charge in [0.05, 0.1) is 21.6 Å². The smallest absolute Gasteiger partial charge is 0.293 e. The molecule has 5 heterocycles. The molecular weight excluding hydrogens is 868 g/mol. The number of pyridine rings is 1. The Morgan fingerprint density at radius 3 is 2.57 bits per heavy atom. The van der Waals surface area contributed by atoms with Crippen molar-refractivity contribution >= 4 is 55.6 Å². The highest BCUT2D eigenvalue weighted by Gasteiger charge is 2.43. The summed E-state index contributed by atoms with van der Waals surface area (Å²) in [6, 6.07) is 12.4. The summed E-state index contributed by atoms with van der Waals surface area (Å²) < 4.78 is 41.5. The van der Waals surface area contributed by atoms with E-state index in [-0.39, 0.29) is 22.4 Å². The van der Waals surface area contributed by atoms with Crippen LogP contribution in [-0.2, 0) is 14.8 Å². The highest BCUT2D eigenvalue weighted by molar-refractivity contribution is 7.90. The maximum atomic E-state index is 14.0. The number of amides is 1. The van der Waals surface area contributed by atoms with Gasteiger partial charge in [-0.3, -0.25) is 19.8 Å². The number of H-pyrrole nitrogens is 1. The molecule has 2 aliphatic carbocycles. The molecule has 0 unspecified atom stereocenters. The molecule has 15 nitrogen and oxygen atoms in total. The number of allylic oxidation sites excluding steroid dienone is 1. The summed E-state index contributed by atoms with van der Waals surface area (Å²) in [6.45, 7) is 13.6. The van der Waals surface area contributed by atoms with Crippen LogP contribution < -0.4 is 19.7 Å². The fourth-order valence-electron chi connectivity index (χ4n) is 10.2. The minimum Gasteiger partial charge on any atom is -0.455 e. The minimum absolute atomic E-state index is 0.0213. The summed E-state index contributed by atoms with van der Waals surface area (Å²) in [6.07, 6.45) is 13.5. The number of sulfonamides is 1. The highest BCUT2D eigenvalue weighted by atomic mass is 35.5. The Morgan fingerprint density at radius 1 is 1.03 bits per heavy atom. The van der Waals surface area contributed by atoms with Crippen LogP contribution in [0.2, 0.25) is 0 Å². The number of nitrogens with one attached hydrogen (secondary N) is 3. The predicted molar refractivity (Wildman–Crippen MR) is 253 cm³/mol. The molecule has 0 radical (unpaired) electrons. The SMILES string of the molecule is CC1(C)CCC(CN2CCN(c3ccc(C(=O)NS(=O)(=O)c4ccc(NCCN5CC6(CCOCC6)C5)c([N+](=O)[O-])c4)c(Oc4cnc5[nH]ccc5c4)c3)CC2)=C(CC[C@H](Cl)C2CC2)C1. The number of nitro groups is 1. The number of hydrogen-bond acceptors (Lipinski definition) is 12. The lowest BCUT2D eigenvalue weighted by Gasteiger charge is -2.52. The van der Waals surface area contributed by atoms with Crippen molar-refractivity contribution in [1.82, 2.24) is 24.5 Å². The standard InChI is InChI=1S/C48H61ClN8O7S/c1-47(2)13-11-36(35(28-47)5-9-41(49)33-3-4-33)30-54-19-21-56(22-20-54)37-6-8-40(44(26-37)64-38-25-34-12-16-51-45(34)52-29-38)46(58)53-65(61,62)39-7-10-42(43(27-39)57(59)60)50-17-18-55-31-48(32-55)14-23-63-24-15-48/h6-8,10,12,16,25-27,29,33,41,50H,3-5,9,11,13-15,17-24,28,30-32H2,1-2H3,(H,51,52)(H,53,58)/t41-/m0/s1. The second-order valence-corrected chi connectivity index (χ2v) is 21.9. The van der Waals surface area contributed by atoms with E-state index in [9.17, 15) is 23.3 Å². The summed E-state index contributed by atoms with van der Waals surface area (Å²) in [7, 11) is -4.55. The van der Waals surface area contributed by atoms with Gasteiger partial charge < -0.3 is 29.6 Å². The second-order valence-electron chi connectivity index (χ2n) is 19.7. The van der Waals surface area contributed by atoms with Crippen molar-refractivity contribution in [2.24, 2.45) is 16.7 Å². The van der Waals surface area contributed by atoms with Crippen LogP contribution in [0, 0.1) is 26.9 Å². The van der Waals surface area contributed by atoms with Crippen LogP contribution in [0.25, 0.3) is 11.0 Å². The zero-order valence-corrected chi connectivity index (χ0v) is 39.0. The topological polar surface area (TPSA) is 175 Å². The Bertz CT molecular complexity index is 2540. The lowest BCUT2D eigenvalue weighted by Crippen LogP contribution is -2.59. The molecule has 4 aromatic rings. The molecule has 9 rings (SSSR count). The lowest BCUT2D eigenvalue weighted by molar-refractivity contribution is -0.384. The molecular formula is C48H61ClN8O7S. The monoisotopic (exact) mass is 928 g/mol. The van der Waals surface area contributed by atoms with Gasteiger partial charge in [-0.05, 0) is 106 Å². The molecule has 2 aromatic carbocycles. The van der Waals surface area contributed by atoms with Crippen molar-refractivity contribution in [3.63, 3.8) is 0 Å². The first-order chi connectivity index (χ1) is 31.2. The lowest BCUT2D eigenvalue weighted by atomic mass is 9.73. The van der Waals surface area contributed by atoms with Gasteiger partial charge in [-0.15, -0.1) is 11.6 Å². The number of carbonyl (C=O) groups excluding carboxylic acids is 1. The van der Waals surface area contributed by atoms with E-state index >= 15 is 0 Å².